The van der Waals surface area contributed by atoms with Gasteiger partial charge in [-0.1, -0.05) is 29.3 Å². The molecule has 0 aromatic heterocycles. The number of morpholine rings is 1. The van der Waals surface area contributed by atoms with E-state index in [0.29, 0.717) is 12.1 Å². The van der Waals surface area contributed by atoms with E-state index in [9.17, 15) is 39.5 Å². The fourth-order valence-corrected chi connectivity index (χ4v) is 2.56. The fraction of sp³-hybridized carbons (Fsp3) is 0.533. The van der Waals surface area contributed by atoms with Crippen LogP contribution in [0.1, 0.15) is 5.56 Å². The molecule has 0 radical (unpaired) electrons. The summed E-state index contributed by atoms with van der Waals surface area (Å²) in [5.74, 6) is -20.0. The Bertz CT molecular complexity index is 778. The molecule has 0 aliphatic carbocycles. The third kappa shape index (κ3) is 4.38. The summed E-state index contributed by atoms with van der Waals surface area (Å²) in [6, 6.07) is 2.19. The van der Waals surface area contributed by atoms with E-state index >= 15 is 0 Å². The van der Waals surface area contributed by atoms with Crippen LogP contribution in [0.4, 0.5) is 39.5 Å². The lowest BCUT2D eigenvalue weighted by Gasteiger charge is -2.35. The molecule has 1 aliphatic heterocycles. The Morgan fingerprint density at radius 3 is 1.90 bits per heavy atom. The summed E-state index contributed by atoms with van der Waals surface area (Å²) < 4.78 is 126. The second-order valence-corrected chi connectivity index (χ2v) is 6.68. The molecule has 14 heteroatoms. The third-order valence-electron chi connectivity index (χ3n) is 3.86. The lowest BCUT2D eigenvalue weighted by atomic mass is 9.95. The molecule has 0 unspecified atom stereocenters. The molecule has 1 saturated heterocycles. The zero-order valence-electron chi connectivity index (χ0n) is 14.0. The first kappa shape index (κ1) is 23.9. The van der Waals surface area contributed by atoms with Crippen molar-refractivity contribution in [1.29, 1.82) is 0 Å². The molecule has 0 amide bonds. The van der Waals surface area contributed by atoms with Crippen molar-refractivity contribution in [3.63, 3.8) is 0 Å². The molecule has 0 spiro atoms. The number of alkyl halides is 9. The average Bonchev–Trinajstić information content (AvgIpc) is 2.61. The minimum Gasteiger partial charge on any atom is -0.378 e. The van der Waals surface area contributed by atoms with Gasteiger partial charge in [-0.3, -0.25) is 5.01 Å². The standard InChI is InChI=1S/C15H11Cl2F9N2O/c16-9-2-1-8(7-10(9)17)11(27-28-3-5-29-6-4-28)12(18,19)13(20,21)14(22,23)15(24,25)26/h1-2,7H,3-6H2/b27-11+. The van der Waals surface area contributed by atoms with Crippen molar-refractivity contribution in [2.75, 3.05) is 26.3 Å². The van der Waals surface area contributed by atoms with Gasteiger partial charge in [-0.15, -0.1) is 0 Å². The number of hydrogen-bond acceptors (Lipinski definition) is 3. The van der Waals surface area contributed by atoms with Gasteiger partial charge in [0.05, 0.1) is 36.3 Å². The van der Waals surface area contributed by atoms with Crippen LogP contribution in [0.25, 0.3) is 0 Å². The van der Waals surface area contributed by atoms with Gasteiger partial charge in [0.25, 0.3) is 0 Å². The summed E-state index contributed by atoms with van der Waals surface area (Å²) in [6.07, 6.45) is -6.94. The number of nitrogens with zero attached hydrogens (tertiary/aromatic N) is 2. The summed E-state index contributed by atoms with van der Waals surface area (Å²) >= 11 is 11.3. The lowest BCUT2D eigenvalue weighted by Crippen LogP contribution is -2.63. The molecule has 1 fully saturated rings. The highest BCUT2D eigenvalue weighted by atomic mass is 35.5. The molecule has 0 atom stereocenters. The smallest absolute Gasteiger partial charge is 0.378 e. The number of rotatable bonds is 5. The van der Waals surface area contributed by atoms with Crippen molar-refractivity contribution in [2.24, 2.45) is 5.10 Å². The minimum atomic E-state index is -7.05. The Kier molecular flexibility index (Phi) is 6.61. The van der Waals surface area contributed by atoms with Crippen molar-refractivity contribution < 1.29 is 44.3 Å². The largest absolute Gasteiger partial charge is 0.460 e. The Hall–Kier alpha value is -1.40. The SMILES string of the molecule is FC(F)(F)C(F)(F)C(F)(F)C(F)(F)/C(=N/N1CCOCC1)c1ccc(Cl)c(Cl)c1. The maximum absolute atomic E-state index is 14.6. The second-order valence-electron chi connectivity index (χ2n) is 5.86. The number of halogens is 11. The van der Waals surface area contributed by atoms with Crippen LogP contribution in [0.5, 0.6) is 0 Å². The first-order chi connectivity index (χ1) is 13.1. The van der Waals surface area contributed by atoms with Crippen LogP contribution in [0.3, 0.4) is 0 Å². The molecule has 1 heterocycles. The van der Waals surface area contributed by atoms with Crippen LogP contribution in [-0.4, -0.2) is 61.0 Å². The molecule has 3 nitrogen and oxygen atoms in total. The molecular weight excluding hydrogens is 466 g/mol. The molecule has 2 rings (SSSR count). The van der Waals surface area contributed by atoms with Crippen LogP contribution in [0.2, 0.25) is 10.0 Å². The molecule has 1 aromatic carbocycles. The van der Waals surface area contributed by atoms with Gasteiger partial charge in [0.2, 0.25) is 0 Å². The molecule has 29 heavy (non-hydrogen) atoms. The van der Waals surface area contributed by atoms with Gasteiger partial charge in [0, 0.05) is 5.56 Å². The number of benzene rings is 1. The Balaban J connectivity index is 2.65. The van der Waals surface area contributed by atoms with Crippen LogP contribution in [-0.2, 0) is 4.74 Å². The van der Waals surface area contributed by atoms with E-state index < -0.39 is 40.2 Å². The Labute approximate surface area is 168 Å². The highest BCUT2D eigenvalue weighted by Crippen LogP contribution is 2.54. The summed E-state index contributed by atoms with van der Waals surface area (Å²) in [5.41, 5.74) is -2.93. The molecule has 0 bridgehead atoms. The summed E-state index contributed by atoms with van der Waals surface area (Å²) in [4.78, 5) is 0. The zero-order chi connectivity index (χ0) is 22.3. The van der Waals surface area contributed by atoms with Gasteiger partial charge < -0.3 is 4.74 Å². The maximum Gasteiger partial charge on any atom is 0.460 e. The monoisotopic (exact) mass is 476 g/mol. The van der Waals surface area contributed by atoms with Crippen LogP contribution in [0, 0.1) is 0 Å². The van der Waals surface area contributed by atoms with Gasteiger partial charge >= 0.3 is 23.9 Å². The molecule has 1 aliphatic rings. The summed E-state index contributed by atoms with van der Waals surface area (Å²) in [6.45, 7) is -0.498. The van der Waals surface area contributed by atoms with E-state index in [1.807, 2.05) is 0 Å². The van der Waals surface area contributed by atoms with Crippen molar-refractivity contribution >= 4 is 28.9 Å². The Morgan fingerprint density at radius 2 is 1.41 bits per heavy atom. The number of hydrazone groups is 1. The molecule has 0 N–H and O–H groups in total. The first-order valence-corrected chi connectivity index (χ1v) is 8.46. The first-order valence-electron chi connectivity index (χ1n) is 7.70. The van der Waals surface area contributed by atoms with Crippen molar-refractivity contribution in [2.45, 2.75) is 23.9 Å². The van der Waals surface area contributed by atoms with E-state index in [2.05, 4.69) is 5.10 Å². The minimum absolute atomic E-state index is 0.0567. The van der Waals surface area contributed by atoms with E-state index in [1.54, 1.807) is 0 Å². The highest BCUT2D eigenvalue weighted by Gasteiger charge is 2.83. The highest BCUT2D eigenvalue weighted by molar-refractivity contribution is 6.42. The van der Waals surface area contributed by atoms with E-state index in [4.69, 9.17) is 27.9 Å². The maximum atomic E-state index is 14.6. The Morgan fingerprint density at radius 1 is 0.862 bits per heavy atom. The molecule has 0 saturated carbocycles. The molecular formula is C15H11Cl2F9N2O. The van der Waals surface area contributed by atoms with Gasteiger partial charge in [-0.25, -0.2) is 0 Å². The third-order valence-corrected chi connectivity index (χ3v) is 4.60. The average molecular weight is 477 g/mol. The molecule has 1 aromatic rings. The molecule has 164 valence electrons. The van der Waals surface area contributed by atoms with Crippen LogP contribution >= 0.6 is 23.2 Å². The number of hydrogen-bond donors (Lipinski definition) is 0. The predicted molar refractivity (Wildman–Crippen MR) is 86.3 cm³/mol. The van der Waals surface area contributed by atoms with Crippen molar-refractivity contribution in [1.82, 2.24) is 5.01 Å². The van der Waals surface area contributed by atoms with Gasteiger partial charge in [-0.05, 0) is 12.1 Å². The van der Waals surface area contributed by atoms with Crippen LogP contribution in [0.15, 0.2) is 23.3 Å². The predicted octanol–water partition coefficient (Wildman–Crippen LogP) is 5.50. The van der Waals surface area contributed by atoms with E-state index in [0.717, 1.165) is 11.1 Å². The van der Waals surface area contributed by atoms with Crippen molar-refractivity contribution in [3.8, 4) is 0 Å². The van der Waals surface area contributed by atoms with Gasteiger partial charge in [0.15, 0.2) is 0 Å². The number of ether oxygens (including phenoxy) is 1. The quantitative estimate of drug-likeness (QED) is 0.414. The second kappa shape index (κ2) is 8.03. The lowest BCUT2D eigenvalue weighted by molar-refractivity contribution is -0.384. The zero-order valence-corrected chi connectivity index (χ0v) is 15.5. The van der Waals surface area contributed by atoms with Crippen molar-refractivity contribution in [3.05, 3.63) is 33.8 Å². The van der Waals surface area contributed by atoms with Gasteiger partial charge in [-0.2, -0.15) is 44.6 Å². The summed E-state index contributed by atoms with van der Waals surface area (Å²) in [5, 5.41) is 3.41. The fourth-order valence-electron chi connectivity index (χ4n) is 2.26. The topological polar surface area (TPSA) is 24.8 Å². The summed E-state index contributed by atoms with van der Waals surface area (Å²) in [7, 11) is 0. The van der Waals surface area contributed by atoms with Crippen LogP contribution < -0.4 is 0 Å². The normalized spacial score (nSPS) is 17.6. The van der Waals surface area contributed by atoms with Gasteiger partial charge in [0.1, 0.15) is 5.71 Å². The van der Waals surface area contributed by atoms with E-state index in [1.165, 1.54) is 0 Å². The van der Waals surface area contributed by atoms with E-state index in [-0.39, 0.29) is 31.3 Å².